The number of nitrogens with one attached hydrogen (secondary N) is 1. The van der Waals surface area contributed by atoms with Crippen molar-refractivity contribution in [2.24, 2.45) is 4.99 Å². The molecule has 5 nitrogen and oxygen atoms in total. The Bertz CT molecular complexity index is 437. The van der Waals surface area contributed by atoms with Crippen molar-refractivity contribution in [2.75, 3.05) is 7.11 Å². The number of halogens is 1. The van der Waals surface area contributed by atoms with Crippen molar-refractivity contribution >= 4 is 33.6 Å². The number of hydrogen-bond acceptors (Lipinski definition) is 3. The molecule has 0 saturated carbocycles. The van der Waals surface area contributed by atoms with Gasteiger partial charge in [-0.2, -0.15) is 4.99 Å². The van der Waals surface area contributed by atoms with Crippen LogP contribution in [0.3, 0.4) is 0 Å². The van der Waals surface area contributed by atoms with Crippen LogP contribution in [0.5, 0.6) is 0 Å². The number of amides is 2. The summed E-state index contributed by atoms with van der Waals surface area (Å²) in [5.74, 6) is -0.451. The van der Waals surface area contributed by atoms with Gasteiger partial charge in [-0.05, 0) is 12.2 Å². The maximum Gasteiger partial charge on any atom is 0.342 e. The van der Waals surface area contributed by atoms with Crippen molar-refractivity contribution in [1.82, 2.24) is 5.32 Å². The highest BCUT2D eigenvalue weighted by Crippen LogP contribution is 2.24. The highest BCUT2D eigenvalue weighted by molar-refractivity contribution is 9.11. The first-order chi connectivity index (χ1) is 7.11. The van der Waals surface area contributed by atoms with Crippen molar-refractivity contribution in [3.63, 3.8) is 0 Å². The van der Waals surface area contributed by atoms with Crippen LogP contribution >= 0.6 is 15.9 Å². The molecule has 1 aliphatic heterocycles. The molecule has 0 aromatic heterocycles. The quantitative estimate of drug-likeness (QED) is 0.721. The third-order valence-electron chi connectivity index (χ3n) is 2.09. The van der Waals surface area contributed by atoms with Crippen LogP contribution in [0.4, 0.5) is 4.79 Å². The Kier molecular flexibility index (Phi) is 2.44. The molecule has 15 heavy (non-hydrogen) atoms. The molecule has 1 atom stereocenters. The highest BCUT2D eigenvalue weighted by Gasteiger charge is 2.31. The lowest BCUT2D eigenvalue weighted by Crippen LogP contribution is -2.33. The molecule has 0 radical (unpaired) electrons. The number of carbonyl (C=O) groups excluding carboxylic acids is 2. The summed E-state index contributed by atoms with van der Waals surface area (Å²) >= 11 is 3.28. The Balaban J connectivity index is 2.38. The number of nitrogens with zero attached hydrogens (tertiary/aromatic N) is 1. The third-order valence-corrected chi connectivity index (χ3v) is 2.77. The monoisotopic (exact) mass is 270 g/mol. The van der Waals surface area contributed by atoms with Gasteiger partial charge in [-0.15, -0.1) is 0 Å². The minimum absolute atomic E-state index is 0.272. The van der Waals surface area contributed by atoms with E-state index in [4.69, 9.17) is 0 Å². The minimum Gasteiger partial charge on any atom is -0.465 e. The van der Waals surface area contributed by atoms with E-state index in [1.165, 1.54) is 7.11 Å². The first-order valence-corrected chi connectivity index (χ1v) is 4.97. The van der Waals surface area contributed by atoms with Crippen LogP contribution in [-0.4, -0.2) is 30.9 Å². The first-order valence-electron chi connectivity index (χ1n) is 4.18. The van der Waals surface area contributed by atoms with Crippen LogP contribution in [0.15, 0.2) is 27.2 Å². The Morgan fingerprint density at radius 2 is 2.33 bits per heavy atom. The van der Waals surface area contributed by atoms with Gasteiger partial charge in [0, 0.05) is 4.48 Å². The molecule has 0 bridgehead atoms. The standard InChI is InChI=1S/C9H7BrN2O3/c1-15-8(13)4-2-5(10)7-6(3-4)11-9(14)12-7/h2-3,7H,1H3,(H,12,14). The molecule has 1 N–H and O–H groups in total. The van der Waals surface area contributed by atoms with E-state index in [9.17, 15) is 9.59 Å². The van der Waals surface area contributed by atoms with Crippen molar-refractivity contribution in [2.45, 2.75) is 6.04 Å². The molecule has 0 spiro atoms. The lowest BCUT2D eigenvalue weighted by Gasteiger charge is -2.15. The fourth-order valence-corrected chi connectivity index (χ4v) is 2.00. The summed E-state index contributed by atoms with van der Waals surface area (Å²) in [7, 11) is 1.30. The van der Waals surface area contributed by atoms with E-state index in [-0.39, 0.29) is 6.04 Å². The van der Waals surface area contributed by atoms with Gasteiger partial charge in [0.15, 0.2) is 0 Å². The van der Waals surface area contributed by atoms with Crippen molar-refractivity contribution in [3.05, 3.63) is 22.2 Å². The third kappa shape index (κ3) is 1.72. The van der Waals surface area contributed by atoms with Crippen molar-refractivity contribution in [1.29, 1.82) is 0 Å². The zero-order valence-electron chi connectivity index (χ0n) is 7.78. The molecule has 0 saturated heterocycles. The number of fused-ring (bicyclic) bond motifs is 1. The topological polar surface area (TPSA) is 67.8 Å². The zero-order chi connectivity index (χ0) is 11.0. The molecule has 1 aliphatic carbocycles. The second-order valence-corrected chi connectivity index (χ2v) is 3.96. The minimum atomic E-state index is -0.451. The van der Waals surface area contributed by atoms with E-state index in [0.717, 1.165) is 0 Å². The number of esters is 1. The predicted octanol–water partition coefficient (Wildman–Crippen LogP) is 0.911. The molecule has 2 aliphatic rings. The second kappa shape index (κ2) is 3.62. The molecule has 1 unspecified atom stereocenters. The lowest BCUT2D eigenvalue weighted by atomic mass is 10.0. The predicted molar refractivity (Wildman–Crippen MR) is 56.9 cm³/mol. The molecule has 2 rings (SSSR count). The summed E-state index contributed by atoms with van der Waals surface area (Å²) in [5.41, 5.74) is 0.894. The Labute approximate surface area is 94.0 Å². The van der Waals surface area contributed by atoms with Crippen LogP contribution in [0, 0.1) is 0 Å². The molecule has 1 heterocycles. The number of methoxy groups -OCH3 is 1. The van der Waals surface area contributed by atoms with Crippen LogP contribution in [0.25, 0.3) is 0 Å². The largest absolute Gasteiger partial charge is 0.465 e. The van der Waals surface area contributed by atoms with E-state index in [1.807, 2.05) is 0 Å². The van der Waals surface area contributed by atoms with Crippen LogP contribution in [0.2, 0.25) is 0 Å². The highest BCUT2D eigenvalue weighted by atomic mass is 79.9. The van der Waals surface area contributed by atoms with Gasteiger partial charge in [0.25, 0.3) is 0 Å². The summed E-state index contributed by atoms with van der Waals surface area (Å²) < 4.78 is 5.27. The number of urea groups is 1. The molecule has 0 aromatic carbocycles. The second-order valence-electron chi connectivity index (χ2n) is 3.04. The fraction of sp³-hybridized carbons (Fsp3) is 0.222. The first kappa shape index (κ1) is 10.1. The van der Waals surface area contributed by atoms with E-state index >= 15 is 0 Å². The average molecular weight is 271 g/mol. The number of carbonyl (C=O) groups is 2. The van der Waals surface area contributed by atoms with Crippen LogP contribution < -0.4 is 5.32 Å². The van der Waals surface area contributed by atoms with Crippen molar-refractivity contribution in [3.8, 4) is 0 Å². The number of hydrogen-bond donors (Lipinski definition) is 1. The molecule has 78 valence electrons. The van der Waals surface area contributed by atoms with Gasteiger partial charge < -0.3 is 10.1 Å². The maximum absolute atomic E-state index is 11.3. The maximum atomic E-state index is 11.3. The molecule has 6 heteroatoms. The molecular formula is C9H7BrN2O3. The van der Waals surface area contributed by atoms with E-state index in [0.29, 0.717) is 15.8 Å². The lowest BCUT2D eigenvalue weighted by molar-refractivity contribution is -0.135. The van der Waals surface area contributed by atoms with Gasteiger partial charge in [0.05, 0.1) is 18.4 Å². The molecule has 2 amide bonds. The molecular weight excluding hydrogens is 264 g/mol. The Morgan fingerprint density at radius 1 is 1.60 bits per heavy atom. The number of ether oxygens (including phenoxy) is 1. The summed E-state index contributed by atoms with van der Waals surface area (Å²) in [6.07, 6.45) is 3.15. The van der Waals surface area contributed by atoms with Gasteiger partial charge in [-0.3, -0.25) is 0 Å². The smallest absolute Gasteiger partial charge is 0.342 e. The van der Waals surface area contributed by atoms with Crippen LogP contribution in [0.1, 0.15) is 0 Å². The Hall–Kier alpha value is -1.43. The van der Waals surface area contributed by atoms with Gasteiger partial charge in [0.1, 0.15) is 6.04 Å². The Morgan fingerprint density at radius 3 is 3.00 bits per heavy atom. The SMILES string of the molecule is COC(=O)C1=CC2=NC(=O)NC2C(Br)=C1. The van der Waals surface area contributed by atoms with Gasteiger partial charge >= 0.3 is 12.0 Å². The average Bonchev–Trinajstić information content (AvgIpc) is 2.58. The van der Waals surface area contributed by atoms with Gasteiger partial charge in [-0.25, -0.2) is 9.59 Å². The zero-order valence-corrected chi connectivity index (χ0v) is 9.37. The summed E-state index contributed by atoms with van der Waals surface area (Å²) in [6, 6.07) is -0.673. The van der Waals surface area contributed by atoms with Gasteiger partial charge in [-0.1, -0.05) is 15.9 Å². The van der Waals surface area contributed by atoms with E-state index in [1.54, 1.807) is 12.2 Å². The van der Waals surface area contributed by atoms with E-state index in [2.05, 4.69) is 31.0 Å². The van der Waals surface area contributed by atoms with E-state index < -0.39 is 12.0 Å². The van der Waals surface area contributed by atoms with Crippen LogP contribution in [-0.2, 0) is 9.53 Å². The van der Waals surface area contributed by atoms with Crippen molar-refractivity contribution < 1.29 is 14.3 Å². The number of aliphatic imine (C=N–C) groups is 1. The number of rotatable bonds is 1. The molecule has 0 aromatic rings. The fourth-order valence-electron chi connectivity index (χ4n) is 1.41. The summed E-state index contributed by atoms with van der Waals surface area (Å²) in [6.45, 7) is 0. The summed E-state index contributed by atoms with van der Waals surface area (Å²) in [5, 5.41) is 2.63. The summed E-state index contributed by atoms with van der Waals surface area (Å²) in [4.78, 5) is 26.0. The van der Waals surface area contributed by atoms with Gasteiger partial charge in [0.2, 0.25) is 0 Å². The normalized spacial score (nSPS) is 23.5. The molecule has 0 fully saturated rings.